The van der Waals surface area contributed by atoms with Gasteiger partial charge >= 0.3 is 5.97 Å². The van der Waals surface area contributed by atoms with E-state index in [9.17, 15) is 9.70 Å². The Bertz CT molecular complexity index is 196. The highest BCUT2D eigenvalue weighted by Crippen LogP contribution is 2.17. The molecule has 0 aromatic carbocycles. The quantitative estimate of drug-likeness (QED) is 0.486. The van der Waals surface area contributed by atoms with Crippen LogP contribution in [0, 0.1) is 10.8 Å². The van der Waals surface area contributed by atoms with E-state index in [2.05, 4.69) is 5.29 Å². The molecule has 1 rings (SSSR count). The number of ether oxygens (including phenoxy) is 1. The number of carbonyl (C=O) groups is 1. The number of nitroso groups, excluding NO2 is 1. The SMILES string of the molecule is CCOC(=O)C1CCCN(N=O)C1. The molecule has 1 aliphatic heterocycles. The van der Waals surface area contributed by atoms with Crippen molar-refractivity contribution in [3.05, 3.63) is 4.91 Å². The molecule has 0 aliphatic carbocycles. The van der Waals surface area contributed by atoms with Gasteiger partial charge in [-0.05, 0) is 19.8 Å². The number of rotatable bonds is 3. The Morgan fingerprint density at radius 1 is 1.69 bits per heavy atom. The standard InChI is InChI=1S/C8H14N2O3/c1-2-13-8(11)7-4-3-5-10(6-7)9-12/h7H,2-6H2,1H3. The van der Waals surface area contributed by atoms with Crippen LogP contribution in [-0.2, 0) is 9.53 Å². The molecule has 1 fully saturated rings. The molecular weight excluding hydrogens is 172 g/mol. The summed E-state index contributed by atoms with van der Waals surface area (Å²) in [6, 6.07) is 0. The summed E-state index contributed by atoms with van der Waals surface area (Å²) in [4.78, 5) is 21.5. The summed E-state index contributed by atoms with van der Waals surface area (Å²) in [5, 5.41) is 4.20. The van der Waals surface area contributed by atoms with Crippen LogP contribution in [0.2, 0.25) is 0 Å². The molecule has 0 bridgehead atoms. The summed E-state index contributed by atoms with van der Waals surface area (Å²) in [6.45, 7) is 3.22. The lowest BCUT2D eigenvalue weighted by molar-refractivity contribution is -0.149. The molecule has 0 N–H and O–H groups in total. The lowest BCUT2D eigenvalue weighted by Gasteiger charge is -2.26. The Kier molecular flexibility index (Phi) is 3.67. The molecule has 1 saturated heterocycles. The number of esters is 1. The molecule has 5 nitrogen and oxygen atoms in total. The number of carbonyl (C=O) groups excluding carboxylic acids is 1. The zero-order valence-electron chi connectivity index (χ0n) is 7.73. The average Bonchev–Trinajstić information content (AvgIpc) is 2.18. The van der Waals surface area contributed by atoms with Crippen LogP contribution in [0.3, 0.4) is 0 Å². The smallest absolute Gasteiger partial charge is 0.310 e. The number of nitrogens with zero attached hydrogens (tertiary/aromatic N) is 2. The molecule has 0 saturated carbocycles. The molecule has 0 aromatic rings. The Hall–Kier alpha value is -1.13. The summed E-state index contributed by atoms with van der Waals surface area (Å²) in [5.41, 5.74) is 0. The van der Waals surface area contributed by atoms with E-state index in [1.165, 1.54) is 5.01 Å². The van der Waals surface area contributed by atoms with Gasteiger partial charge in [-0.25, -0.2) is 0 Å². The third-order valence-electron chi connectivity index (χ3n) is 2.14. The molecule has 1 atom stereocenters. The van der Waals surface area contributed by atoms with Crippen molar-refractivity contribution in [2.24, 2.45) is 11.2 Å². The van der Waals surface area contributed by atoms with Crippen molar-refractivity contribution in [1.82, 2.24) is 5.01 Å². The maximum atomic E-state index is 11.3. The predicted octanol–water partition coefficient (Wildman–Crippen LogP) is 0.943. The van der Waals surface area contributed by atoms with Crippen LogP contribution in [0.4, 0.5) is 0 Å². The first-order valence-electron chi connectivity index (χ1n) is 4.52. The molecule has 1 unspecified atom stereocenters. The van der Waals surface area contributed by atoms with Crippen molar-refractivity contribution in [3.63, 3.8) is 0 Å². The lowest BCUT2D eigenvalue weighted by atomic mass is 9.99. The third-order valence-corrected chi connectivity index (χ3v) is 2.14. The Balaban J connectivity index is 2.41. The van der Waals surface area contributed by atoms with Crippen molar-refractivity contribution in [1.29, 1.82) is 0 Å². The molecule has 5 heteroatoms. The van der Waals surface area contributed by atoms with Crippen LogP contribution in [0.1, 0.15) is 19.8 Å². The number of hydrogen-bond donors (Lipinski definition) is 0. The monoisotopic (exact) mass is 186 g/mol. The van der Waals surface area contributed by atoms with Crippen molar-refractivity contribution in [3.8, 4) is 0 Å². The van der Waals surface area contributed by atoms with Crippen LogP contribution in [0.15, 0.2) is 5.29 Å². The van der Waals surface area contributed by atoms with E-state index in [-0.39, 0.29) is 11.9 Å². The van der Waals surface area contributed by atoms with Crippen LogP contribution < -0.4 is 0 Å². The van der Waals surface area contributed by atoms with Gasteiger partial charge in [-0.1, -0.05) is 0 Å². The van der Waals surface area contributed by atoms with Crippen LogP contribution >= 0.6 is 0 Å². The second-order valence-electron chi connectivity index (χ2n) is 3.09. The highest BCUT2D eigenvalue weighted by molar-refractivity contribution is 5.72. The van der Waals surface area contributed by atoms with Crippen molar-refractivity contribution in [2.75, 3.05) is 19.7 Å². The summed E-state index contributed by atoms with van der Waals surface area (Å²) < 4.78 is 4.86. The van der Waals surface area contributed by atoms with Gasteiger partial charge in [0.25, 0.3) is 0 Å². The fourth-order valence-corrected chi connectivity index (χ4v) is 1.48. The average molecular weight is 186 g/mol. The topological polar surface area (TPSA) is 59.0 Å². The lowest BCUT2D eigenvalue weighted by Crippen LogP contribution is -2.36. The fourth-order valence-electron chi connectivity index (χ4n) is 1.48. The van der Waals surface area contributed by atoms with Crippen LogP contribution in [-0.4, -0.2) is 30.7 Å². The summed E-state index contributed by atoms with van der Waals surface area (Å²) in [5.74, 6) is -0.387. The zero-order valence-corrected chi connectivity index (χ0v) is 7.73. The van der Waals surface area contributed by atoms with Gasteiger partial charge in [0.15, 0.2) is 0 Å². The zero-order chi connectivity index (χ0) is 9.68. The fraction of sp³-hybridized carbons (Fsp3) is 0.875. The second-order valence-corrected chi connectivity index (χ2v) is 3.09. The molecule has 1 heterocycles. The number of piperidine rings is 1. The number of hydrogen-bond acceptors (Lipinski definition) is 4. The van der Waals surface area contributed by atoms with Gasteiger partial charge < -0.3 is 4.74 Å². The van der Waals surface area contributed by atoms with E-state index >= 15 is 0 Å². The molecule has 1 aliphatic rings. The van der Waals surface area contributed by atoms with Gasteiger partial charge in [-0.15, -0.1) is 4.91 Å². The minimum absolute atomic E-state index is 0.175. The van der Waals surface area contributed by atoms with Crippen molar-refractivity contribution in [2.45, 2.75) is 19.8 Å². The summed E-state index contributed by atoms with van der Waals surface area (Å²) >= 11 is 0. The minimum atomic E-state index is -0.212. The highest BCUT2D eigenvalue weighted by atomic mass is 16.5. The van der Waals surface area contributed by atoms with Gasteiger partial charge in [0, 0.05) is 6.54 Å². The normalized spacial score (nSPS) is 22.5. The van der Waals surface area contributed by atoms with Crippen molar-refractivity contribution >= 4 is 5.97 Å². The van der Waals surface area contributed by atoms with Crippen LogP contribution in [0.5, 0.6) is 0 Å². The van der Waals surface area contributed by atoms with Crippen molar-refractivity contribution < 1.29 is 9.53 Å². The first kappa shape index (κ1) is 9.95. The van der Waals surface area contributed by atoms with E-state index in [0.717, 1.165) is 12.8 Å². The molecule has 0 radical (unpaired) electrons. The van der Waals surface area contributed by atoms with Crippen LogP contribution in [0.25, 0.3) is 0 Å². The third kappa shape index (κ3) is 2.68. The van der Waals surface area contributed by atoms with Gasteiger partial charge in [-0.3, -0.25) is 9.80 Å². The van der Waals surface area contributed by atoms with Gasteiger partial charge in [-0.2, -0.15) is 0 Å². The first-order chi connectivity index (χ1) is 6.27. The van der Waals surface area contributed by atoms with E-state index < -0.39 is 0 Å². The maximum absolute atomic E-state index is 11.3. The van der Waals surface area contributed by atoms with E-state index in [4.69, 9.17) is 4.74 Å². The predicted molar refractivity (Wildman–Crippen MR) is 46.7 cm³/mol. The minimum Gasteiger partial charge on any atom is -0.466 e. The van der Waals surface area contributed by atoms with Gasteiger partial charge in [0.1, 0.15) is 0 Å². The molecule has 0 aromatic heterocycles. The van der Waals surface area contributed by atoms with E-state index in [1.54, 1.807) is 6.92 Å². The second kappa shape index (κ2) is 4.79. The first-order valence-corrected chi connectivity index (χ1v) is 4.52. The van der Waals surface area contributed by atoms with E-state index in [1.807, 2.05) is 0 Å². The summed E-state index contributed by atoms with van der Waals surface area (Å²) in [6.07, 6.45) is 1.63. The Morgan fingerprint density at radius 2 is 2.46 bits per heavy atom. The van der Waals surface area contributed by atoms with E-state index in [0.29, 0.717) is 19.7 Å². The molecule has 0 spiro atoms. The van der Waals surface area contributed by atoms with Gasteiger partial charge in [0.2, 0.25) is 0 Å². The van der Waals surface area contributed by atoms with Gasteiger partial charge in [0.05, 0.1) is 24.4 Å². The highest BCUT2D eigenvalue weighted by Gasteiger charge is 2.26. The molecule has 74 valence electrons. The Morgan fingerprint density at radius 3 is 3.08 bits per heavy atom. The molecular formula is C8H14N2O3. The maximum Gasteiger partial charge on any atom is 0.310 e. The Labute approximate surface area is 77.0 Å². The molecule has 0 amide bonds. The largest absolute Gasteiger partial charge is 0.466 e. The summed E-state index contributed by atoms with van der Waals surface area (Å²) in [7, 11) is 0. The molecule has 13 heavy (non-hydrogen) atoms.